The third-order valence-electron chi connectivity index (χ3n) is 3.76. The van der Waals surface area contributed by atoms with E-state index in [4.69, 9.17) is 0 Å². The van der Waals surface area contributed by atoms with Gasteiger partial charge in [0.1, 0.15) is 0 Å². The average molecular weight is 297 g/mol. The van der Waals surface area contributed by atoms with Crippen LogP contribution in [0, 0.1) is 0 Å². The van der Waals surface area contributed by atoms with Crippen LogP contribution >= 0.6 is 0 Å². The highest BCUT2D eigenvalue weighted by Crippen LogP contribution is 2.12. The molecule has 0 aliphatic carbocycles. The maximum absolute atomic E-state index is 12.2. The molecule has 0 N–H and O–H groups in total. The number of anilines is 1. The molecular formula is C18H23N3O. The number of amides is 1. The first-order valence-corrected chi connectivity index (χ1v) is 7.56. The monoisotopic (exact) mass is 297 g/mol. The summed E-state index contributed by atoms with van der Waals surface area (Å²) in [5, 5.41) is 0. The molecule has 1 aromatic carbocycles. The number of likely N-dealkylation sites (N-methyl/N-ethyl adjacent to an activating group) is 1. The summed E-state index contributed by atoms with van der Waals surface area (Å²) in [6.07, 6.45) is 5.13. The van der Waals surface area contributed by atoms with E-state index in [1.807, 2.05) is 61.9 Å². The Morgan fingerprint density at radius 1 is 1.00 bits per heavy atom. The van der Waals surface area contributed by atoms with Crippen molar-refractivity contribution in [1.82, 2.24) is 9.88 Å². The number of hydrogen-bond donors (Lipinski definition) is 0. The first-order chi connectivity index (χ1) is 10.7. The molecule has 0 aliphatic rings. The van der Waals surface area contributed by atoms with Crippen LogP contribution in [0.2, 0.25) is 0 Å². The van der Waals surface area contributed by atoms with Gasteiger partial charge in [0.25, 0.3) is 0 Å². The van der Waals surface area contributed by atoms with Crippen LogP contribution in [-0.4, -0.2) is 43.0 Å². The Morgan fingerprint density at radius 3 is 2.36 bits per heavy atom. The Bertz CT molecular complexity index is 571. The van der Waals surface area contributed by atoms with Crippen molar-refractivity contribution >= 4 is 11.6 Å². The lowest BCUT2D eigenvalue weighted by Gasteiger charge is -2.20. The number of nitrogens with zero attached hydrogens (tertiary/aromatic N) is 3. The van der Waals surface area contributed by atoms with Gasteiger partial charge in [-0.1, -0.05) is 18.2 Å². The molecule has 0 aliphatic heterocycles. The van der Waals surface area contributed by atoms with Crippen molar-refractivity contribution < 1.29 is 4.79 Å². The minimum atomic E-state index is 0.141. The summed E-state index contributed by atoms with van der Waals surface area (Å²) in [5.41, 5.74) is 2.21. The van der Waals surface area contributed by atoms with Crippen LogP contribution in [0.5, 0.6) is 0 Å². The van der Waals surface area contributed by atoms with Gasteiger partial charge in [0.2, 0.25) is 5.91 Å². The fourth-order valence-electron chi connectivity index (χ4n) is 2.23. The zero-order chi connectivity index (χ0) is 15.8. The summed E-state index contributed by atoms with van der Waals surface area (Å²) in [7, 11) is 3.88. The molecule has 1 heterocycles. The predicted octanol–water partition coefficient (Wildman–Crippen LogP) is 2.61. The van der Waals surface area contributed by atoms with Gasteiger partial charge in [-0.25, -0.2) is 0 Å². The van der Waals surface area contributed by atoms with Gasteiger partial charge in [-0.2, -0.15) is 0 Å². The van der Waals surface area contributed by atoms with E-state index in [1.165, 1.54) is 5.56 Å². The molecule has 1 aromatic heterocycles. The molecule has 1 amide bonds. The molecule has 0 unspecified atom stereocenters. The molecule has 0 spiro atoms. The highest BCUT2D eigenvalue weighted by atomic mass is 16.2. The van der Waals surface area contributed by atoms with Gasteiger partial charge in [0.15, 0.2) is 0 Å². The lowest BCUT2D eigenvalue weighted by Crippen LogP contribution is -2.31. The Balaban J connectivity index is 1.74. The van der Waals surface area contributed by atoms with Crippen molar-refractivity contribution in [3.63, 3.8) is 0 Å². The van der Waals surface area contributed by atoms with E-state index in [0.29, 0.717) is 6.42 Å². The van der Waals surface area contributed by atoms with Crippen LogP contribution in [0.1, 0.15) is 12.0 Å². The Hall–Kier alpha value is -2.20. The molecule has 0 atom stereocenters. The second-order valence-corrected chi connectivity index (χ2v) is 5.45. The standard InChI is InChI=1S/C18H23N3O/c1-20(14-10-16-8-12-19-13-9-16)15-11-18(22)21(2)17-6-4-3-5-7-17/h3-9,12-13H,10-11,14-15H2,1-2H3. The largest absolute Gasteiger partial charge is 0.315 e. The fourth-order valence-corrected chi connectivity index (χ4v) is 2.23. The van der Waals surface area contributed by atoms with E-state index in [2.05, 4.69) is 16.9 Å². The van der Waals surface area contributed by atoms with E-state index >= 15 is 0 Å². The first-order valence-electron chi connectivity index (χ1n) is 7.56. The summed E-state index contributed by atoms with van der Waals surface area (Å²) >= 11 is 0. The molecule has 0 fully saturated rings. The van der Waals surface area contributed by atoms with Gasteiger partial charge in [-0.3, -0.25) is 9.78 Å². The minimum Gasteiger partial charge on any atom is -0.315 e. The molecule has 116 valence electrons. The molecule has 4 heteroatoms. The van der Waals surface area contributed by atoms with E-state index in [1.54, 1.807) is 4.90 Å². The van der Waals surface area contributed by atoms with Crippen LogP contribution in [0.25, 0.3) is 0 Å². The average Bonchev–Trinajstić information content (AvgIpc) is 2.58. The van der Waals surface area contributed by atoms with Crippen molar-refractivity contribution in [2.75, 3.05) is 32.1 Å². The number of pyridine rings is 1. The van der Waals surface area contributed by atoms with Gasteiger partial charge >= 0.3 is 0 Å². The smallest absolute Gasteiger partial charge is 0.228 e. The number of benzene rings is 1. The van der Waals surface area contributed by atoms with E-state index in [0.717, 1.165) is 25.2 Å². The second kappa shape index (κ2) is 8.29. The summed E-state index contributed by atoms with van der Waals surface area (Å²) < 4.78 is 0. The molecular weight excluding hydrogens is 274 g/mol. The highest BCUT2D eigenvalue weighted by molar-refractivity contribution is 5.92. The van der Waals surface area contributed by atoms with Crippen LogP contribution in [0.3, 0.4) is 0 Å². The second-order valence-electron chi connectivity index (χ2n) is 5.45. The van der Waals surface area contributed by atoms with Crippen LogP contribution in [0.15, 0.2) is 54.9 Å². The number of aromatic nitrogens is 1. The quantitative estimate of drug-likeness (QED) is 0.788. The van der Waals surface area contributed by atoms with Gasteiger partial charge in [-0.05, 0) is 43.3 Å². The summed E-state index contributed by atoms with van der Waals surface area (Å²) in [6.45, 7) is 1.70. The van der Waals surface area contributed by atoms with Crippen molar-refractivity contribution in [3.05, 3.63) is 60.4 Å². The third-order valence-corrected chi connectivity index (χ3v) is 3.76. The Kier molecular flexibility index (Phi) is 6.10. The van der Waals surface area contributed by atoms with Gasteiger partial charge < -0.3 is 9.80 Å². The highest BCUT2D eigenvalue weighted by Gasteiger charge is 2.11. The lowest BCUT2D eigenvalue weighted by molar-refractivity contribution is -0.118. The van der Waals surface area contributed by atoms with Crippen molar-refractivity contribution in [3.8, 4) is 0 Å². The Morgan fingerprint density at radius 2 is 1.68 bits per heavy atom. The normalized spacial score (nSPS) is 10.7. The van der Waals surface area contributed by atoms with Gasteiger partial charge in [-0.15, -0.1) is 0 Å². The fraction of sp³-hybridized carbons (Fsp3) is 0.333. The summed E-state index contributed by atoms with van der Waals surface area (Å²) in [6, 6.07) is 13.8. The van der Waals surface area contributed by atoms with Crippen LogP contribution in [-0.2, 0) is 11.2 Å². The number of carbonyl (C=O) groups is 1. The summed E-state index contributed by atoms with van der Waals surface area (Å²) in [4.78, 5) is 20.1. The number of para-hydroxylation sites is 1. The van der Waals surface area contributed by atoms with Crippen LogP contribution in [0.4, 0.5) is 5.69 Å². The molecule has 2 rings (SSSR count). The predicted molar refractivity (Wildman–Crippen MR) is 89.9 cm³/mol. The maximum Gasteiger partial charge on any atom is 0.228 e. The number of rotatable bonds is 7. The van der Waals surface area contributed by atoms with E-state index in [-0.39, 0.29) is 5.91 Å². The molecule has 2 aromatic rings. The van der Waals surface area contributed by atoms with Gasteiger partial charge in [0, 0.05) is 44.6 Å². The minimum absolute atomic E-state index is 0.141. The molecule has 0 saturated heterocycles. The topological polar surface area (TPSA) is 36.4 Å². The lowest BCUT2D eigenvalue weighted by atomic mass is 10.2. The molecule has 22 heavy (non-hydrogen) atoms. The first kappa shape index (κ1) is 16.2. The number of hydrogen-bond acceptors (Lipinski definition) is 3. The molecule has 4 nitrogen and oxygen atoms in total. The van der Waals surface area contributed by atoms with Crippen molar-refractivity contribution in [2.24, 2.45) is 0 Å². The summed E-state index contributed by atoms with van der Waals surface area (Å²) in [5.74, 6) is 0.141. The SMILES string of the molecule is CN(CCC(=O)N(C)c1ccccc1)CCc1ccncc1. The molecule has 0 bridgehead atoms. The molecule has 0 saturated carbocycles. The maximum atomic E-state index is 12.2. The third kappa shape index (κ3) is 4.97. The number of carbonyl (C=O) groups excluding carboxylic acids is 1. The van der Waals surface area contributed by atoms with Crippen molar-refractivity contribution in [1.29, 1.82) is 0 Å². The van der Waals surface area contributed by atoms with Gasteiger partial charge in [0.05, 0.1) is 0 Å². The Labute approximate surface area is 132 Å². The van der Waals surface area contributed by atoms with Crippen LogP contribution < -0.4 is 4.90 Å². The zero-order valence-electron chi connectivity index (χ0n) is 13.3. The van der Waals surface area contributed by atoms with Crippen molar-refractivity contribution in [2.45, 2.75) is 12.8 Å². The van der Waals surface area contributed by atoms with E-state index in [9.17, 15) is 4.79 Å². The van der Waals surface area contributed by atoms with E-state index < -0.39 is 0 Å². The molecule has 0 radical (unpaired) electrons. The zero-order valence-corrected chi connectivity index (χ0v) is 13.3.